The van der Waals surface area contributed by atoms with Gasteiger partial charge in [0, 0.05) is 23.5 Å². The van der Waals surface area contributed by atoms with Crippen molar-refractivity contribution in [2.24, 2.45) is 5.92 Å². The maximum absolute atomic E-state index is 12.9. The molecule has 0 aliphatic heterocycles. The van der Waals surface area contributed by atoms with Gasteiger partial charge in [-0.2, -0.15) is 21.6 Å². The number of ether oxygens (including phenoxy) is 2. The first-order valence-corrected chi connectivity index (χ1v) is 10.6. The molecular weight excluding hydrogens is 421 g/mol. The van der Waals surface area contributed by atoms with Gasteiger partial charge in [0.25, 0.3) is 0 Å². The molecule has 0 heterocycles. The summed E-state index contributed by atoms with van der Waals surface area (Å²) in [6.07, 6.45) is 2.05. The summed E-state index contributed by atoms with van der Waals surface area (Å²) in [5.74, 6) is 0.680. The van der Waals surface area contributed by atoms with Gasteiger partial charge < -0.3 is 13.7 Å². The quantitative estimate of drug-likeness (QED) is 0.512. The minimum absolute atomic E-state index is 0.0460. The minimum Gasteiger partial charge on any atom is -0.497 e. The van der Waals surface area contributed by atoms with Crippen molar-refractivity contribution < 1.29 is 35.2 Å². The molecule has 0 aromatic heterocycles. The van der Waals surface area contributed by atoms with Crippen LogP contribution in [-0.4, -0.2) is 28.1 Å². The summed E-state index contributed by atoms with van der Waals surface area (Å²) in [5, 5.41) is 0. The van der Waals surface area contributed by atoms with E-state index in [-0.39, 0.29) is 18.1 Å². The Morgan fingerprint density at radius 3 is 2.33 bits per heavy atom. The highest BCUT2D eigenvalue weighted by atomic mass is 32.2. The molecule has 0 bridgehead atoms. The molecule has 2 atom stereocenters. The molecule has 2 aliphatic carbocycles. The summed E-state index contributed by atoms with van der Waals surface area (Å²) in [4.78, 5) is 0. The third-order valence-corrected chi connectivity index (χ3v) is 6.73. The van der Waals surface area contributed by atoms with Gasteiger partial charge in [-0.05, 0) is 35.6 Å². The number of methoxy groups -OCH3 is 2. The molecule has 0 amide bonds. The summed E-state index contributed by atoms with van der Waals surface area (Å²) in [7, 11) is -2.70. The first kappa shape index (κ1) is 20.6. The SMILES string of the molecule is COc1cc2c(c(OC)c1)[C@@]1(c3ccccc3)C=C(OS(=O)(=O)C(F)(F)F)C[C@H]1C2. The van der Waals surface area contributed by atoms with Crippen molar-refractivity contribution in [1.29, 1.82) is 0 Å². The highest BCUT2D eigenvalue weighted by Crippen LogP contribution is 2.59. The zero-order valence-corrected chi connectivity index (χ0v) is 17.0. The lowest BCUT2D eigenvalue weighted by molar-refractivity contribution is -0.0523. The number of allylic oxidation sites excluding steroid dienone is 2. The summed E-state index contributed by atoms with van der Waals surface area (Å²) in [5.41, 5.74) is -3.82. The Morgan fingerprint density at radius 2 is 1.73 bits per heavy atom. The number of hydrogen-bond acceptors (Lipinski definition) is 5. The smallest absolute Gasteiger partial charge is 0.497 e. The second-order valence-electron chi connectivity index (χ2n) is 7.30. The number of fused-ring (bicyclic) bond motifs is 3. The van der Waals surface area contributed by atoms with Gasteiger partial charge >= 0.3 is 15.6 Å². The van der Waals surface area contributed by atoms with Gasteiger partial charge in [-0.25, -0.2) is 0 Å². The third-order valence-electron chi connectivity index (χ3n) is 5.72. The van der Waals surface area contributed by atoms with Crippen LogP contribution in [0.3, 0.4) is 0 Å². The molecule has 0 radical (unpaired) electrons. The Bertz CT molecular complexity index is 1110. The van der Waals surface area contributed by atoms with Crippen LogP contribution in [0.4, 0.5) is 13.2 Å². The molecule has 0 saturated carbocycles. The van der Waals surface area contributed by atoms with Crippen molar-refractivity contribution in [3.8, 4) is 11.5 Å². The fourth-order valence-corrected chi connectivity index (χ4v) is 5.08. The van der Waals surface area contributed by atoms with Crippen LogP contribution in [-0.2, 0) is 26.1 Å². The first-order valence-electron chi connectivity index (χ1n) is 9.15. The second kappa shape index (κ2) is 6.94. The minimum atomic E-state index is -5.74. The molecule has 0 unspecified atom stereocenters. The summed E-state index contributed by atoms with van der Waals surface area (Å²) < 4.78 is 77.2. The molecule has 2 aliphatic rings. The monoisotopic (exact) mass is 440 g/mol. The highest BCUT2D eigenvalue weighted by molar-refractivity contribution is 7.87. The summed E-state index contributed by atoms with van der Waals surface area (Å²) in [6.45, 7) is 0. The Labute approximate surface area is 172 Å². The molecule has 0 fully saturated rings. The van der Waals surface area contributed by atoms with Crippen molar-refractivity contribution in [2.45, 2.75) is 23.8 Å². The predicted octanol–water partition coefficient (Wildman–Crippen LogP) is 4.32. The third kappa shape index (κ3) is 3.03. The van der Waals surface area contributed by atoms with E-state index in [1.54, 1.807) is 6.07 Å². The molecule has 4 rings (SSSR count). The Balaban J connectivity index is 1.91. The van der Waals surface area contributed by atoms with Crippen LogP contribution >= 0.6 is 0 Å². The first-order chi connectivity index (χ1) is 14.1. The zero-order chi connectivity index (χ0) is 21.7. The largest absolute Gasteiger partial charge is 0.534 e. The van der Waals surface area contributed by atoms with Gasteiger partial charge in [-0.15, -0.1) is 0 Å². The molecule has 2 aromatic carbocycles. The second-order valence-corrected chi connectivity index (χ2v) is 8.84. The number of benzene rings is 2. The van der Waals surface area contributed by atoms with Gasteiger partial charge in [0.05, 0.1) is 14.2 Å². The summed E-state index contributed by atoms with van der Waals surface area (Å²) >= 11 is 0. The molecule has 5 nitrogen and oxygen atoms in total. The Kier molecular flexibility index (Phi) is 4.76. The van der Waals surface area contributed by atoms with Gasteiger partial charge in [-0.1, -0.05) is 30.3 Å². The fourth-order valence-electron chi connectivity index (χ4n) is 4.59. The molecule has 0 saturated heterocycles. The Morgan fingerprint density at radius 1 is 1.03 bits per heavy atom. The molecule has 160 valence electrons. The van der Waals surface area contributed by atoms with Gasteiger partial charge in [0.15, 0.2) is 0 Å². The van der Waals surface area contributed by atoms with E-state index in [2.05, 4.69) is 4.18 Å². The number of alkyl halides is 3. The number of halogens is 3. The zero-order valence-electron chi connectivity index (χ0n) is 16.2. The maximum Gasteiger partial charge on any atom is 0.534 e. The van der Waals surface area contributed by atoms with Crippen LogP contribution in [0.5, 0.6) is 11.5 Å². The lowest BCUT2D eigenvalue weighted by Gasteiger charge is -2.31. The highest BCUT2D eigenvalue weighted by Gasteiger charge is 2.55. The van der Waals surface area contributed by atoms with E-state index in [9.17, 15) is 21.6 Å². The van der Waals surface area contributed by atoms with Gasteiger partial charge in [0.2, 0.25) is 0 Å². The molecule has 0 N–H and O–H groups in total. The van der Waals surface area contributed by atoms with Crippen LogP contribution in [0.1, 0.15) is 23.1 Å². The van der Waals surface area contributed by atoms with E-state index >= 15 is 0 Å². The summed E-state index contributed by atoms with van der Waals surface area (Å²) in [6, 6.07) is 12.8. The van der Waals surface area contributed by atoms with Crippen molar-refractivity contribution >= 4 is 10.1 Å². The normalized spacial score (nSPS) is 22.8. The maximum atomic E-state index is 12.9. The van der Waals surface area contributed by atoms with Crippen LogP contribution in [0, 0.1) is 5.92 Å². The van der Waals surface area contributed by atoms with E-state index in [0.29, 0.717) is 17.9 Å². The molecule has 2 aromatic rings. The van der Waals surface area contributed by atoms with Gasteiger partial charge in [0.1, 0.15) is 17.3 Å². The standard InChI is InChI=1S/C21H19F3O5S/c1-27-16-9-13-8-15-10-17(29-30(25,26)21(22,23)24)12-20(15,14-6-4-3-5-7-14)19(13)18(11-16)28-2/h3-7,9,11-12,15H,8,10H2,1-2H3/t15-,20-/m1/s1. The average Bonchev–Trinajstić information content (AvgIpc) is 3.19. The molecule has 0 spiro atoms. The van der Waals surface area contributed by atoms with Crippen molar-refractivity contribution in [3.63, 3.8) is 0 Å². The van der Waals surface area contributed by atoms with Crippen LogP contribution in [0.15, 0.2) is 54.3 Å². The molecule has 9 heteroatoms. The lowest BCUT2D eigenvalue weighted by Crippen LogP contribution is -2.28. The molecular formula is C21H19F3O5S. The van der Waals surface area contributed by atoms with Crippen LogP contribution in [0.25, 0.3) is 0 Å². The van der Waals surface area contributed by atoms with E-state index in [1.807, 2.05) is 36.4 Å². The number of rotatable bonds is 5. The predicted molar refractivity (Wildman–Crippen MR) is 103 cm³/mol. The van der Waals surface area contributed by atoms with E-state index in [1.165, 1.54) is 20.3 Å². The van der Waals surface area contributed by atoms with E-state index in [0.717, 1.165) is 16.7 Å². The van der Waals surface area contributed by atoms with Crippen LogP contribution in [0.2, 0.25) is 0 Å². The number of hydrogen-bond donors (Lipinski definition) is 0. The van der Waals surface area contributed by atoms with E-state index < -0.39 is 21.0 Å². The van der Waals surface area contributed by atoms with Gasteiger partial charge in [-0.3, -0.25) is 0 Å². The lowest BCUT2D eigenvalue weighted by atomic mass is 9.71. The van der Waals surface area contributed by atoms with Crippen LogP contribution < -0.4 is 9.47 Å². The van der Waals surface area contributed by atoms with Crippen molar-refractivity contribution in [1.82, 2.24) is 0 Å². The van der Waals surface area contributed by atoms with Crippen molar-refractivity contribution in [3.05, 3.63) is 71.0 Å². The van der Waals surface area contributed by atoms with Crippen molar-refractivity contribution in [2.75, 3.05) is 14.2 Å². The fraction of sp³-hybridized carbons (Fsp3) is 0.333. The van der Waals surface area contributed by atoms with E-state index in [4.69, 9.17) is 9.47 Å². The Hall–Kier alpha value is -2.68. The molecule has 30 heavy (non-hydrogen) atoms. The topological polar surface area (TPSA) is 61.8 Å². The average molecular weight is 440 g/mol.